The van der Waals surface area contributed by atoms with Crippen molar-refractivity contribution in [3.63, 3.8) is 0 Å². The third-order valence-electron chi connectivity index (χ3n) is 3.97. The Kier molecular flexibility index (Phi) is 4.79. The van der Waals surface area contributed by atoms with Crippen LogP contribution in [-0.4, -0.2) is 31.5 Å². The Labute approximate surface area is 134 Å². The molecule has 2 aromatic rings. The fourth-order valence-electron chi connectivity index (χ4n) is 2.37. The lowest BCUT2D eigenvalue weighted by Gasteiger charge is -2.40. The highest BCUT2D eigenvalue weighted by molar-refractivity contribution is 5.48. The molecule has 0 amide bonds. The van der Waals surface area contributed by atoms with Crippen molar-refractivity contribution in [1.82, 2.24) is 0 Å². The number of anilines is 1. The maximum Gasteiger partial charge on any atom is 0.123 e. The second-order valence-electron chi connectivity index (χ2n) is 5.95. The molecule has 23 heavy (non-hydrogen) atoms. The van der Waals surface area contributed by atoms with E-state index in [1.807, 2.05) is 24.3 Å². The summed E-state index contributed by atoms with van der Waals surface area (Å²) >= 11 is 0. The van der Waals surface area contributed by atoms with E-state index in [-0.39, 0.29) is 17.8 Å². The van der Waals surface area contributed by atoms with Gasteiger partial charge in [0.15, 0.2) is 0 Å². The molecule has 122 valence electrons. The summed E-state index contributed by atoms with van der Waals surface area (Å²) in [6, 6.07) is 13.9. The summed E-state index contributed by atoms with van der Waals surface area (Å²) in [4.78, 5) is 0. The summed E-state index contributed by atoms with van der Waals surface area (Å²) in [6.07, 6.45) is 0. The Morgan fingerprint density at radius 2 is 1.96 bits per heavy atom. The normalized spacial score (nSPS) is 15.7. The van der Waals surface area contributed by atoms with Crippen LogP contribution in [0.15, 0.2) is 48.5 Å². The highest BCUT2D eigenvalue weighted by Gasteiger charge is 2.37. The molecule has 0 aromatic heterocycles. The number of hydrogen-bond donors (Lipinski definition) is 2. The van der Waals surface area contributed by atoms with Gasteiger partial charge in [0.1, 0.15) is 18.2 Å². The predicted molar refractivity (Wildman–Crippen MR) is 86.0 cm³/mol. The van der Waals surface area contributed by atoms with Gasteiger partial charge in [0.2, 0.25) is 0 Å². The molecule has 1 heterocycles. The van der Waals surface area contributed by atoms with Crippen LogP contribution in [0.4, 0.5) is 10.1 Å². The summed E-state index contributed by atoms with van der Waals surface area (Å²) in [6.45, 7) is 2.32. The number of rotatable bonds is 7. The van der Waals surface area contributed by atoms with Crippen LogP contribution in [0.25, 0.3) is 0 Å². The molecule has 1 saturated heterocycles. The molecule has 1 fully saturated rings. The lowest BCUT2D eigenvalue weighted by Crippen LogP contribution is -2.50. The number of nitrogens with one attached hydrogen (secondary N) is 1. The summed E-state index contributed by atoms with van der Waals surface area (Å²) in [5.74, 6) is 0.486. The van der Waals surface area contributed by atoms with Gasteiger partial charge in [-0.2, -0.15) is 0 Å². The molecule has 0 atom stereocenters. The van der Waals surface area contributed by atoms with Crippen molar-refractivity contribution in [2.24, 2.45) is 5.41 Å². The number of halogens is 1. The molecule has 0 bridgehead atoms. The molecule has 0 saturated carbocycles. The summed E-state index contributed by atoms with van der Waals surface area (Å²) < 4.78 is 23.8. The third kappa shape index (κ3) is 4.00. The molecule has 0 unspecified atom stereocenters. The van der Waals surface area contributed by atoms with Gasteiger partial charge in [0.25, 0.3) is 0 Å². The number of hydrogen-bond acceptors (Lipinski definition) is 4. The van der Waals surface area contributed by atoms with Gasteiger partial charge in [-0.3, -0.25) is 0 Å². The van der Waals surface area contributed by atoms with Crippen molar-refractivity contribution in [3.05, 3.63) is 59.9 Å². The monoisotopic (exact) mass is 317 g/mol. The van der Waals surface area contributed by atoms with Crippen molar-refractivity contribution < 1.29 is 19.0 Å². The van der Waals surface area contributed by atoms with Gasteiger partial charge in [-0.1, -0.05) is 18.2 Å². The van der Waals surface area contributed by atoms with Crippen LogP contribution >= 0.6 is 0 Å². The van der Waals surface area contributed by atoms with Gasteiger partial charge < -0.3 is 19.9 Å². The van der Waals surface area contributed by atoms with Crippen LogP contribution in [0, 0.1) is 11.2 Å². The number of ether oxygens (including phenoxy) is 2. The minimum absolute atomic E-state index is 0.112. The first-order chi connectivity index (χ1) is 11.2. The lowest BCUT2D eigenvalue weighted by atomic mass is 9.87. The summed E-state index contributed by atoms with van der Waals surface area (Å²) in [7, 11) is 0. The van der Waals surface area contributed by atoms with Gasteiger partial charge in [-0.05, 0) is 29.8 Å². The van der Waals surface area contributed by atoms with Crippen LogP contribution < -0.4 is 10.1 Å². The smallest absolute Gasteiger partial charge is 0.123 e. The fraction of sp³-hybridized carbons (Fsp3) is 0.333. The van der Waals surface area contributed by atoms with Gasteiger partial charge in [0.05, 0.1) is 25.2 Å². The van der Waals surface area contributed by atoms with Crippen LogP contribution in [0.3, 0.4) is 0 Å². The highest BCUT2D eigenvalue weighted by Crippen LogP contribution is 2.28. The quantitative estimate of drug-likeness (QED) is 0.824. The van der Waals surface area contributed by atoms with E-state index in [9.17, 15) is 9.50 Å². The molecule has 3 rings (SSSR count). The molecule has 1 aliphatic rings. The molecule has 0 aliphatic carbocycles. The Hall–Kier alpha value is -2.11. The van der Waals surface area contributed by atoms with Crippen LogP contribution in [0.5, 0.6) is 5.75 Å². The van der Waals surface area contributed by atoms with Crippen molar-refractivity contribution in [3.8, 4) is 5.75 Å². The first-order valence-electron chi connectivity index (χ1n) is 7.59. The van der Waals surface area contributed by atoms with Gasteiger partial charge >= 0.3 is 0 Å². The summed E-state index contributed by atoms with van der Waals surface area (Å²) in [5, 5.41) is 12.7. The maximum absolute atomic E-state index is 12.9. The van der Waals surface area contributed by atoms with Crippen LogP contribution in [-0.2, 0) is 11.3 Å². The highest BCUT2D eigenvalue weighted by atomic mass is 19.1. The Morgan fingerprint density at radius 3 is 2.61 bits per heavy atom. The minimum Gasteiger partial charge on any atom is -0.489 e. The first-order valence-corrected chi connectivity index (χ1v) is 7.59. The zero-order chi connectivity index (χ0) is 16.1. The summed E-state index contributed by atoms with van der Waals surface area (Å²) in [5.41, 5.74) is 1.67. The topological polar surface area (TPSA) is 50.7 Å². The van der Waals surface area contributed by atoms with Gasteiger partial charge in [-0.15, -0.1) is 0 Å². The average Bonchev–Trinajstić information content (AvgIpc) is 2.54. The molecule has 0 spiro atoms. The Bertz CT molecular complexity index is 635. The zero-order valence-electron chi connectivity index (χ0n) is 12.8. The molecule has 2 aromatic carbocycles. The predicted octanol–water partition coefficient (Wildman–Crippen LogP) is 2.83. The first kappa shape index (κ1) is 15.8. The Morgan fingerprint density at radius 1 is 1.17 bits per heavy atom. The standard InChI is InChI=1S/C18H20FNO3/c19-15-6-4-14(5-7-15)9-23-17-3-1-2-16(8-17)20-10-18(11-21)12-22-13-18/h1-8,20-21H,9-13H2. The number of benzene rings is 2. The van der Waals surface area contributed by atoms with E-state index in [1.54, 1.807) is 12.1 Å². The molecule has 5 heteroatoms. The van der Waals surface area contributed by atoms with E-state index in [1.165, 1.54) is 12.1 Å². The molecular weight excluding hydrogens is 297 g/mol. The molecular formula is C18H20FNO3. The van der Waals surface area contributed by atoms with Gasteiger partial charge in [0, 0.05) is 18.3 Å². The van der Waals surface area contributed by atoms with Crippen LogP contribution in [0.1, 0.15) is 5.56 Å². The van der Waals surface area contributed by atoms with Crippen molar-refractivity contribution in [2.45, 2.75) is 6.61 Å². The van der Waals surface area contributed by atoms with E-state index in [0.717, 1.165) is 17.0 Å². The minimum atomic E-state index is -0.252. The van der Waals surface area contributed by atoms with Crippen molar-refractivity contribution in [2.75, 3.05) is 31.7 Å². The maximum atomic E-state index is 12.9. The van der Waals surface area contributed by atoms with E-state index in [0.29, 0.717) is 26.4 Å². The molecule has 2 N–H and O–H groups in total. The second-order valence-corrected chi connectivity index (χ2v) is 5.95. The molecule has 0 radical (unpaired) electrons. The lowest BCUT2D eigenvalue weighted by molar-refractivity contribution is -0.128. The van der Waals surface area contributed by atoms with E-state index >= 15 is 0 Å². The fourth-order valence-corrected chi connectivity index (χ4v) is 2.37. The van der Waals surface area contributed by atoms with Gasteiger partial charge in [-0.25, -0.2) is 4.39 Å². The largest absolute Gasteiger partial charge is 0.489 e. The molecule has 1 aliphatic heterocycles. The average molecular weight is 317 g/mol. The van der Waals surface area contributed by atoms with Crippen molar-refractivity contribution in [1.29, 1.82) is 0 Å². The van der Waals surface area contributed by atoms with E-state index in [2.05, 4.69) is 5.32 Å². The zero-order valence-corrected chi connectivity index (χ0v) is 12.8. The number of aliphatic hydroxyl groups is 1. The number of aliphatic hydroxyl groups excluding tert-OH is 1. The van der Waals surface area contributed by atoms with E-state index in [4.69, 9.17) is 9.47 Å². The second kappa shape index (κ2) is 6.98. The van der Waals surface area contributed by atoms with Crippen molar-refractivity contribution >= 4 is 5.69 Å². The van der Waals surface area contributed by atoms with E-state index < -0.39 is 0 Å². The third-order valence-corrected chi connectivity index (χ3v) is 3.97. The van der Waals surface area contributed by atoms with Crippen LogP contribution in [0.2, 0.25) is 0 Å². The SMILES string of the molecule is OCC1(CNc2cccc(OCc3ccc(F)cc3)c2)COC1. The Balaban J connectivity index is 1.55. The molecule has 4 nitrogen and oxygen atoms in total.